The number of fused-ring (bicyclic) bond motifs is 2. The predicted molar refractivity (Wildman–Crippen MR) is 58.7 cm³/mol. The molecule has 0 aromatic carbocycles. The summed E-state index contributed by atoms with van der Waals surface area (Å²) in [6.45, 7) is 4.60. The molecular formula is C11H18O2Si. The molecule has 3 heteroatoms. The van der Waals surface area contributed by atoms with Crippen molar-refractivity contribution in [3.8, 4) is 0 Å². The molecule has 2 nitrogen and oxygen atoms in total. The minimum Gasteiger partial charge on any atom is -0.469 e. The standard InChI is InChI=1S/C11H18O2Si/c1-14(2)7-9-4-3-5-10(6-9)11(12)13-8-14/h4,10H,3,5-8H2,1-2H3/t10-/m1/s1. The number of carbonyl (C=O) groups is 1. The van der Waals surface area contributed by atoms with Gasteiger partial charge in [-0.2, -0.15) is 0 Å². The van der Waals surface area contributed by atoms with Crippen LogP contribution in [0.25, 0.3) is 0 Å². The summed E-state index contributed by atoms with van der Waals surface area (Å²) in [6, 6.07) is 1.22. The molecule has 1 atom stereocenters. The Hall–Kier alpha value is -0.573. The van der Waals surface area contributed by atoms with Gasteiger partial charge in [-0.3, -0.25) is 4.79 Å². The summed E-state index contributed by atoms with van der Waals surface area (Å²) in [5.74, 6) is 0.218. The van der Waals surface area contributed by atoms with Gasteiger partial charge in [-0.15, -0.1) is 0 Å². The van der Waals surface area contributed by atoms with Crippen LogP contribution >= 0.6 is 0 Å². The molecule has 0 radical (unpaired) electrons. The van der Waals surface area contributed by atoms with Crippen molar-refractivity contribution in [3.63, 3.8) is 0 Å². The Balaban J connectivity index is 2.19. The number of hydrogen-bond donors (Lipinski definition) is 0. The van der Waals surface area contributed by atoms with Crippen molar-refractivity contribution in [3.05, 3.63) is 11.6 Å². The molecule has 1 fully saturated rings. The van der Waals surface area contributed by atoms with Crippen molar-refractivity contribution in [2.45, 2.75) is 38.4 Å². The highest BCUT2D eigenvalue weighted by Crippen LogP contribution is 2.32. The largest absolute Gasteiger partial charge is 0.469 e. The van der Waals surface area contributed by atoms with Gasteiger partial charge in [0.25, 0.3) is 0 Å². The zero-order valence-electron chi connectivity index (χ0n) is 9.01. The first-order chi connectivity index (χ1) is 6.57. The number of carbonyl (C=O) groups excluding carboxylic acids is 1. The SMILES string of the molecule is C[Si]1(C)COC(=O)[C@@H]2CCC=C(C2)C1. The van der Waals surface area contributed by atoms with Crippen LogP contribution in [0.2, 0.25) is 19.1 Å². The van der Waals surface area contributed by atoms with Crippen LogP contribution in [0.15, 0.2) is 11.6 Å². The summed E-state index contributed by atoms with van der Waals surface area (Å²) in [5.41, 5.74) is 1.52. The van der Waals surface area contributed by atoms with E-state index in [0.717, 1.165) is 19.3 Å². The molecule has 0 unspecified atom stereocenters. The lowest BCUT2D eigenvalue weighted by atomic mass is 9.89. The predicted octanol–water partition coefficient (Wildman–Crippen LogP) is 2.52. The van der Waals surface area contributed by atoms with Crippen LogP contribution in [0.1, 0.15) is 19.3 Å². The third-order valence-corrected chi connectivity index (χ3v) is 5.44. The molecule has 0 amide bonds. The zero-order chi connectivity index (χ0) is 10.2. The maximum Gasteiger partial charge on any atom is 0.308 e. The van der Waals surface area contributed by atoms with Crippen LogP contribution in [0, 0.1) is 5.92 Å². The molecule has 0 saturated carbocycles. The molecule has 1 aliphatic heterocycles. The molecule has 78 valence electrons. The second-order valence-corrected chi connectivity index (χ2v) is 10.3. The quantitative estimate of drug-likeness (QED) is 0.349. The summed E-state index contributed by atoms with van der Waals surface area (Å²) in [5, 5.41) is 0. The number of cyclic esters (lactones) is 1. The maximum absolute atomic E-state index is 11.6. The van der Waals surface area contributed by atoms with Gasteiger partial charge in [0.05, 0.1) is 20.2 Å². The van der Waals surface area contributed by atoms with Crippen molar-refractivity contribution < 1.29 is 9.53 Å². The highest BCUT2D eigenvalue weighted by atomic mass is 28.3. The monoisotopic (exact) mass is 210 g/mol. The Kier molecular flexibility index (Phi) is 2.51. The topological polar surface area (TPSA) is 26.3 Å². The fraction of sp³-hybridized carbons (Fsp3) is 0.727. The van der Waals surface area contributed by atoms with E-state index >= 15 is 0 Å². The summed E-state index contributed by atoms with van der Waals surface area (Å²) < 4.78 is 5.38. The Morgan fingerprint density at radius 3 is 3.07 bits per heavy atom. The molecule has 2 aliphatic rings. The highest BCUT2D eigenvalue weighted by Gasteiger charge is 2.33. The van der Waals surface area contributed by atoms with Gasteiger partial charge in [-0.05, 0) is 25.3 Å². The minimum atomic E-state index is -1.31. The normalized spacial score (nSPS) is 31.1. The average molecular weight is 210 g/mol. The first kappa shape index (κ1) is 9.96. The average Bonchev–Trinajstić information content (AvgIpc) is 2.13. The zero-order valence-corrected chi connectivity index (χ0v) is 10.0. The van der Waals surface area contributed by atoms with Gasteiger partial charge in [0.2, 0.25) is 0 Å². The Labute approximate surface area is 86.3 Å². The van der Waals surface area contributed by atoms with Gasteiger partial charge < -0.3 is 4.74 Å². The van der Waals surface area contributed by atoms with Crippen molar-refractivity contribution >= 4 is 14.0 Å². The minimum absolute atomic E-state index is 0.0517. The van der Waals surface area contributed by atoms with E-state index in [1.807, 2.05) is 0 Å². The number of ether oxygens (including phenoxy) is 1. The number of rotatable bonds is 0. The van der Waals surface area contributed by atoms with Crippen molar-refractivity contribution in [2.24, 2.45) is 5.92 Å². The smallest absolute Gasteiger partial charge is 0.308 e. The van der Waals surface area contributed by atoms with Crippen molar-refractivity contribution in [1.82, 2.24) is 0 Å². The van der Waals surface area contributed by atoms with Gasteiger partial charge >= 0.3 is 5.97 Å². The number of hydrogen-bond acceptors (Lipinski definition) is 2. The molecule has 2 bridgehead atoms. The van der Waals surface area contributed by atoms with E-state index in [1.54, 1.807) is 0 Å². The van der Waals surface area contributed by atoms with E-state index in [1.165, 1.54) is 11.6 Å². The Morgan fingerprint density at radius 2 is 2.29 bits per heavy atom. The van der Waals surface area contributed by atoms with Crippen LogP contribution in [0.4, 0.5) is 0 Å². The van der Waals surface area contributed by atoms with E-state index < -0.39 is 8.07 Å². The second kappa shape index (κ2) is 3.53. The molecule has 14 heavy (non-hydrogen) atoms. The molecule has 0 aromatic rings. The molecule has 1 heterocycles. The third-order valence-electron chi connectivity index (χ3n) is 3.10. The van der Waals surface area contributed by atoms with Crippen LogP contribution in [-0.2, 0) is 9.53 Å². The second-order valence-electron chi connectivity index (χ2n) is 5.29. The Bertz CT molecular complexity index is 281. The van der Waals surface area contributed by atoms with Gasteiger partial charge in [0.1, 0.15) is 0 Å². The van der Waals surface area contributed by atoms with Crippen LogP contribution in [0.3, 0.4) is 0 Å². The van der Waals surface area contributed by atoms with E-state index in [2.05, 4.69) is 19.2 Å². The lowest BCUT2D eigenvalue weighted by Gasteiger charge is -2.31. The van der Waals surface area contributed by atoms with E-state index in [4.69, 9.17) is 4.74 Å². The maximum atomic E-state index is 11.6. The van der Waals surface area contributed by atoms with Gasteiger partial charge in [0, 0.05) is 0 Å². The lowest BCUT2D eigenvalue weighted by Crippen LogP contribution is -2.39. The van der Waals surface area contributed by atoms with Gasteiger partial charge in [-0.25, -0.2) is 0 Å². The van der Waals surface area contributed by atoms with Gasteiger partial charge in [0.15, 0.2) is 0 Å². The van der Waals surface area contributed by atoms with Crippen LogP contribution in [-0.4, -0.2) is 20.3 Å². The fourth-order valence-electron chi connectivity index (χ4n) is 2.39. The van der Waals surface area contributed by atoms with Crippen LogP contribution < -0.4 is 0 Å². The molecular weight excluding hydrogens is 192 g/mol. The highest BCUT2D eigenvalue weighted by molar-refractivity contribution is 6.78. The lowest BCUT2D eigenvalue weighted by molar-refractivity contribution is -0.147. The number of esters is 1. The summed E-state index contributed by atoms with van der Waals surface area (Å²) in [4.78, 5) is 11.6. The molecule has 2 rings (SSSR count). The van der Waals surface area contributed by atoms with Crippen molar-refractivity contribution in [2.75, 3.05) is 6.23 Å². The summed E-state index contributed by atoms with van der Waals surface area (Å²) >= 11 is 0. The van der Waals surface area contributed by atoms with E-state index in [9.17, 15) is 4.79 Å². The molecule has 0 aromatic heterocycles. The van der Waals surface area contributed by atoms with E-state index in [0.29, 0.717) is 6.23 Å². The summed E-state index contributed by atoms with van der Waals surface area (Å²) in [7, 11) is -1.31. The molecule has 0 N–H and O–H groups in total. The number of allylic oxidation sites excluding steroid dienone is 2. The first-order valence-corrected chi connectivity index (χ1v) is 8.83. The Morgan fingerprint density at radius 1 is 1.50 bits per heavy atom. The molecule has 1 aliphatic carbocycles. The van der Waals surface area contributed by atoms with E-state index in [-0.39, 0.29) is 11.9 Å². The van der Waals surface area contributed by atoms with Gasteiger partial charge in [-0.1, -0.05) is 24.7 Å². The summed E-state index contributed by atoms with van der Waals surface area (Å²) in [6.07, 6.45) is 6.09. The fourth-order valence-corrected chi connectivity index (χ4v) is 4.54. The van der Waals surface area contributed by atoms with Crippen LogP contribution in [0.5, 0.6) is 0 Å². The van der Waals surface area contributed by atoms with Crippen molar-refractivity contribution in [1.29, 1.82) is 0 Å². The third kappa shape index (κ3) is 2.08. The molecule has 1 saturated heterocycles. The first-order valence-electron chi connectivity index (χ1n) is 5.41. The molecule has 0 spiro atoms.